The monoisotopic (exact) mass is 269 g/mol. The van der Waals surface area contributed by atoms with Gasteiger partial charge in [0.15, 0.2) is 0 Å². The van der Waals surface area contributed by atoms with E-state index in [1.165, 1.54) is 6.33 Å². The lowest BCUT2D eigenvalue weighted by Gasteiger charge is -2.11. The van der Waals surface area contributed by atoms with Crippen LogP contribution in [0.25, 0.3) is 11.0 Å². The fraction of sp³-hybridized carbons (Fsp3) is 0.286. The Morgan fingerprint density at radius 2 is 1.95 bits per heavy atom. The lowest BCUT2D eigenvalue weighted by molar-refractivity contribution is 0.174. The normalized spacial score (nSPS) is 12.7. The molecule has 0 fully saturated rings. The first-order chi connectivity index (χ1) is 9.78. The molecule has 0 bridgehead atoms. The predicted molar refractivity (Wildman–Crippen MR) is 73.9 cm³/mol. The molecule has 0 aliphatic rings. The maximum absolute atomic E-state index is 10.3. The Morgan fingerprint density at radius 3 is 2.75 bits per heavy atom. The molecule has 3 aromatic rings. The maximum atomic E-state index is 10.3. The van der Waals surface area contributed by atoms with Crippen LogP contribution in [0.15, 0.2) is 36.9 Å². The second kappa shape index (κ2) is 5.34. The molecule has 0 aliphatic carbocycles. The van der Waals surface area contributed by atoms with Crippen LogP contribution >= 0.6 is 0 Å². The van der Waals surface area contributed by atoms with E-state index in [0.717, 1.165) is 29.0 Å². The van der Waals surface area contributed by atoms with Crippen LogP contribution in [0.4, 0.5) is 0 Å². The molecule has 0 amide bonds. The standard InChI is InChI=1S/C14H15N5O/c1-2-19-14(17-9-18-19)8-13(20)10-3-4-11-12(7-10)16-6-5-15-11/h3-7,9,13,20H,2,8H2,1H3. The zero-order valence-corrected chi connectivity index (χ0v) is 11.1. The van der Waals surface area contributed by atoms with Crippen molar-refractivity contribution >= 4 is 11.0 Å². The largest absolute Gasteiger partial charge is 0.388 e. The van der Waals surface area contributed by atoms with Crippen LogP contribution in [0, 0.1) is 0 Å². The molecule has 102 valence electrons. The van der Waals surface area contributed by atoms with Crippen LogP contribution in [-0.4, -0.2) is 29.8 Å². The van der Waals surface area contributed by atoms with Gasteiger partial charge in [-0.15, -0.1) is 0 Å². The summed E-state index contributed by atoms with van der Waals surface area (Å²) in [6.45, 7) is 2.74. The smallest absolute Gasteiger partial charge is 0.138 e. The fourth-order valence-electron chi connectivity index (χ4n) is 2.19. The molecule has 2 heterocycles. The van der Waals surface area contributed by atoms with Gasteiger partial charge in [-0.25, -0.2) is 4.98 Å². The molecule has 1 atom stereocenters. The lowest BCUT2D eigenvalue weighted by Crippen LogP contribution is -2.09. The third-order valence-electron chi connectivity index (χ3n) is 3.25. The molecule has 1 aromatic carbocycles. The number of aliphatic hydroxyl groups excluding tert-OH is 1. The van der Waals surface area contributed by atoms with Crippen LogP contribution in [0.5, 0.6) is 0 Å². The van der Waals surface area contributed by atoms with E-state index < -0.39 is 6.10 Å². The highest BCUT2D eigenvalue weighted by molar-refractivity contribution is 5.74. The summed E-state index contributed by atoms with van der Waals surface area (Å²) in [5.41, 5.74) is 2.41. The third kappa shape index (κ3) is 2.37. The lowest BCUT2D eigenvalue weighted by atomic mass is 10.1. The van der Waals surface area contributed by atoms with Gasteiger partial charge in [-0.2, -0.15) is 5.10 Å². The molecule has 2 aromatic heterocycles. The molecule has 1 N–H and O–H groups in total. The highest BCUT2D eigenvalue weighted by Crippen LogP contribution is 2.20. The van der Waals surface area contributed by atoms with Gasteiger partial charge in [-0.1, -0.05) is 6.07 Å². The Kier molecular flexibility index (Phi) is 3.39. The Bertz CT molecular complexity index is 724. The zero-order chi connectivity index (χ0) is 13.9. The molecule has 20 heavy (non-hydrogen) atoms. The number of rotatable bonds is 4. The second-order valence-electron chi connectivity index (χ2n) is 4.52. The van der Waals surface area contributed by atoms with Gasteiger partial charge in [-0.3, -0.25) is 14.6 Å². The number of aliphatic hydroxyl groups is 1. The molecule has 0 saturated heterocycles. The summed E-state index contributed by atoms with van der Waals surface area (Å²) in [4.78, 5) is 12.6. The Labute approximate surface area is 116 Å². The van der Waals surface area contributed by atoms with Crippen LogP contribution in [-0.2, 0) is 13.0 Å². The van der Waals surface area contributed by atoms with Crippen molar-refractivity contribution in [3.05, 3.63) is 48.3 Å². The summed E-state index contributed by atoms with van der Waals surface area (Å²) >= 11 is 0. The van der Waals surface area contributed by atoms with Gasteiger partial charge >= 0.3 is 0 Å². The minimum absolute atomic E-state index is 0.430. The maximum Gasteiger partial charge on any atom is 0.138 e. The quantitative estimate of drug-likeness (QED) is 0.777. The van der Waals surface area contributed by atoms with Gasteiger partial charge < -0.3 is 5.11 Å². The summed E-state index contributed by atoms with van der Waals surface area (Å²) in [5, 5.41) is 14.4. The average molecular weight is 269 g/mol. The minimum atomic E-state index is -0.629. The van der Waals surface area contributed by atoms with Gasteiger partial charge in [0.2, 0.25) is 0 Å². The van der Waals surface area contributed by atoms with Gasteiger partial charge in [0, 0.05) is 25.4 Å². The Balaban J connectivity index is 1.86. The number of aromatic nitrogens is 5. The molecular formula is C14H15N5O. The first-order valence-corrected chi connectivity index (χ1v) is 6.53. The van der Waals surface area contributed by atoms with E-state index in [1.807, 2.05) is 25.1 Å². The van der Waals surface area contributed by atoms with Crippen molar-refractivity contribution < 1.29 is 5.11 Å². The Morgan fingerprint density at radius 1 is 1.15 bits per heavy atom. The van der Waals surface area contributed by atoms with E-state index in [-0.39, 0.29) is 0 Å². The van der Waals surface area contributed by atoms with Gasteiger partial charge in [0.25, 0.3) is 0 Å². The fourth-order valence-corrected chi connectivity index (χ4v) is 2.19. The van der Waals surface area contributed by atoms with Crippen molar-refractivity contribution in [1.82, 2.24) is 24.7 Å². The molecule has 0 saturated carbocycles. The van der Waals surface area contributed by atoms with Gasteiger partial charge in [-0.05, 0) is 24.6 Å². The van der Waals surface area contributed by atoms with Crippen LogP contribution in [0.2, 0.25) is 0 Å². The Hall–Kier alpha value is -2.34. The zero-order valence-electron chi connectivity index (χ0n) is 11.1. The first kappa shape index (κ1) is 12.7. The highest BCUT2D eigenvalue weighted by atomic mass is 16.3. The van der Waals surface area contributed by atoms with Crippen LogP contribution < -0.4 is 0 Å². The SMILES string of the molecule is CCn1ncnc1CC(O)c1ccc2nccnc2c1. The first-order valence-electron chi connectivity index (χ1n) is 6.53. The summed E-state index contributed by atoms with van der Waals surface area (Å²) < 4.78 is 1.78. The van der Waals surface area contributed by atoms with Crippen LogP contribution in [0.1, 0.15) is 24.4 Å². The summed E-state index contributed by atoms with van der Waals surface area (Å²) in [6, 6.07) is 5.60. The van der Waals surface area contributed by atoms with E-state index in [1.54, 1.807) is 17.1 Å². The molecule has 3 rings (SSSR count). The number of benzene rings is 1. The molecular weight excluding hydrogens is 254 g/mol. The molecule has 6 heteroatoms. The van der Waals surface area contributed by atoms with E-state index >= 15 is 0 Å². The molecule has 1 unspecified atom stereocenters. The van der Waals surface area contributed by atoms with Crippen molar-refractivity contribution in [3.8, 4) is 0 Å². The summed E-state index contributed by atoms with van der Waals surface area (Å²) in [7, 11) is 0. The number of nitrogens with zero attached hydrogens (tertiary/aromatic N) is 5. The van der Waals surface area contributed by atoms with Crippen molar-refractivity contribution in [2.45, 2.75) is 26.0 Å². The average Bonchev–Trinajstić information content (AvgIpc) is 2.94. The second-order valence-corrected chi connectivity index (χ2v) is 4.52. The predicted octanol–water partition coefficient (Wildman–Crippen LogP) is 1.52. The minimum Gasteiger partial charge on any atom is -0.388 e. The third-order valence-corrected chi connectivity index (χ3v) is 3.25. The number of fused-ring (bicyclic) bond motifs is 1. The van der Waals surface area contributed by atoms with Crippen molar-refractivity contribution in [2.75, 3.05) is 0 Å². The number of aryl methyl sites for hydroxylation is 1. The molecule has 6 nitrogen and oxygen atoms in total. The van der Waals surface area contributed by atoms with Crippen molar-refractivity contribution in [3.63, 3.8) is 0 Å². The summed E-state index contributed by atoms with van der Waals surface area (Å²) in [5.74, 6) is 0.777. The molecule has 0 spiro atoms. The van der Waals surface area contributed by atoms with Crippen molar-refractivity contribution in [2.24, 2.45) is 0 Å². The van der Waals surface area contributed by atoms with E-state index in [9.17, 15) is 5.11 Å². The van der Waals surface area contributed by atoms with E-state index in [2.05, 4.69) is 20.1 Å². The van der Waals surface area contributed by atoms with Gasteiger partial charge in [0.1, 0.15) is 12.2 Å². The van der Waals surface area contributed by atoms with E-state index in [0.29, 0.717) is 6.42 Å². The topological polar surface area (TPSA) is 76.7 Å². The number of hydrogen-bond donors (Lipinski definition) is 1. The van der Waals surface area contributed by atoms with E-state index in [4.69, 9.17) is 0 Å². The van der Waals surface area contributed by atoms with Crippen molar-refractivity contribution in [1.29, 1.82) is 0 Å². The summed E-state index contributed by atoms with van der Waals surface area (Å²) in [6.07, 6.45) is 4.61. The van der Waals surface area contributed by atoms with Gasteiger partial charge in [0.05, 0.1) is 17.1 Å². The number of hydrogen-bond acceptors (Lipinski definition) is 5. The molecule has 0 radical (unpaired) electrons. The molecule has 0 aliphatic heterocycles. The van der Waals surface area contributed by atoms with Crippen LogP contribution in [0.3, 0.4) is 0 Å². The highest BCUT2D eigenvalue weighted by Gasteiger charge is 2.13.